The lowest BCUT2D eigenvalue weighted by atomic mass is 9.95. The molecule has 1 atom stereocenters. The lowest BCUT2D eigenvalue weighted by Gasteiger charge is -2.36. The normalized spacial score (nSPS) is 18.9. The number of carbonyl (C=O) groups excluding carboxylic acids is 2. The Balaban J connectivity index is 2.04. The van der Waals surface area contributed by atoms with Crippen molar-refractivity contribution >= 4 is 11.9 Å². The third-order valence-electron chi connectivity index (χ3n) is 3.77. The monoisotopic (exact) mass is 303 g/mol. The molecule has 1 aliphatic heterocycles. The fourth-order valence-electron chi connectivity index (χ4n) is 2.73. The van der Waals surface area contributed by atoms with Crippen molar-refractivity contribution in [3.05, 3.63) is 35.9 Å². The molecule has 1 aromatic carbocycles. The van der Waals surface area contributed by atoms with Crippen LogP contribution in [0.25, 0.3) is 0 Å². The molecule has 0 spiro atoms. The largest absolute Gasteiger partial charge is 0.444 e. The quantitative estimate of drug-likeness (QED) is 0.791. The third-order valence-corrected chi connectivity index (χ3v) is 3.77. The summed E-state index contributed by atoms with van der Waals surface area (Å²) in [6.45, 7) is 6.25. The molecule has 1 fully saturated rings. The number of benzene rings is 1. The Morgan fingerprint density at radius 1 is 1.18 bits per heavy atom. The van der Waals surface area contributed by atoms with E-state index in [9.17, 15) is 9.59 Å². The molecule has 1 amide bonds. The van der Waals surface area contributed by atoms with Gasteiger partial charge in [-0.25, -0.2) is 4.79 Å². The smallest absolute Gasteiger partial charge is 0.410 e. The zero-order valence-electron chi connectivity index (χ0n) is 13.7. The molecule has 2 rings (SSSR count). The van der Waals surface area contributed by atoms with Crippen molar-refractivity contribution < 1.29 is 14.3 Å². The van der Waals surface area contributed by atoms with Crippen LogP contribution in [0, 0.1) is 0 Å². The summed E-state index contributed by atoms with van der Waals surface area (Å²) in [6.07, 6.45) is 2.93. The molecule has 120 valence electrons. The summed E-state index contributed by atoms with van der Waals surface area (Å²) in [6, 6.07) is 9.20. The second kappa shape index (κ2) is 6.95. The number of Topliss-reactive ketones (excluding diaryl/α,β-unsaturated/α-hetero) is 1. The lowest BCUT2D eigenvalue weighted by molar-refractivity contribution is 0.00946. The van der Waals surface area contributed by atoms with Crippen LogP contribution in [0.5, 0.6) is 0 Å². The highest BCUT2D eigenvalue weighted by Gasteiger charge is 2.31. The van der Waals surface area contributed by atoms with Gasteiger partial charge in [-0.3, -0.25) is 4.79 Å². The summed E-state index contributed by atoms with van der Waals surface area (Å²) >= 11 is 0. The Labute approximate surface area is 132 Å². The zero-order chi connectivity index (χ0) is 16.2. The molecule has 0 bridgehead atoms. The zero-order valence-corrected chi connectivity index (χ0v) is 13.7. The summed E-state index contributed by atoms with van der Waals surface area (Å²) in [5, 5.41) is 0. The van der Waals surface area contributed by atoms with E-state index in [1.54, 1.807) is 4.90 Å². The first-order valence-corrected chi connectivity index (χ1v) is 7.95. The Bertz CT molecular complexity index is 519. The van der Waals surface area contributed by atoms with Gasteiger partial charge in [0.25, 0.3) is 0 Å². The SMILES string of the molecule is CC(C)(C)OC(=O)N1CCCCC1CC(=O)c1ccccc1. The topological polar surface area (TPSA) is 46.6 Å². The molecule has 22 heavy (non-hydrogen) atoms. The highest BCUT2D eigenvalue weighted by atomic mass is 16.6. The minimum atomic E-state index is -0.511. The number of amides is 1. The van der Waals surface area contributed by atoms with E-state index < -0.39 is 5.60 Å². The second-order valence-corrected chi connectivity index (χ2v) is 6.82. The van der Waals surface area contributed by atoms with Crippen molar-refractivity contribution in [2.75, 3.05) is 6.54 Å². The molecular formula is C18H25NO3. The van der Waals surface area contributed by atoms with Gasteiger partial charge in [0.15, 0.2) is 5.78 Å². The van der Waals surface area contributed by atoms with Crippen molar-refractivity contribution in [3.63, 3.8) is 0 Å². The highest BCUT2D eigenvalue weighted by molar-refractivity contribution is 5.96. The maximum Gasteiger partial charge on any atom is 0.410 e. The molecule has 4 heteroatoms. The molecule has 4 nitrogen and oxygen atoms in total. The van der Waals surface area contributed by atoms with E-state index in [4.69, 9.17) is 4.74 Å². The maximum absolute atomic E-state index is 12.4. The van der Waals surface area contributed by atoms with Gasteiger partial charge in [0.05, 0.1) is 0 Å². The van der Waals surface area contributed by atoms with Crippen molar-refractivity contribution in [2.24, 2.45) is 0 Å². The second-order valence-electron chi connectivity index (χ2n) is 6.82. The molecule has 0 saturated carbocycles. The van der Waals surface area contributed by atoms with E-state index >= 15 is 0 Å². The van der Waals surface area contributed by atoms with Gasteiger partial charge in [0.2, 0.25) is 0 Å². The van der Waals surface area contributed by atoms with Gasteiger partial charge in [-0.2, -0.15) is 0 Å². The Morgan fingerprint density at radius 2 is 1.86 bits per heavy atom. The van der Waals surface area contributed by atoms with Gasteiger partial charge in [0.1, 0.15) is 5.60 Å². The highest BCUT2D eigenvalue weighted by Crippen LogP contribution is 2.23. The molecule has 1 aliphatic rings. The van der Waals surface area contributed by atoms with E-state index in [2.05, 4.69) is 0 Å². The van der Waals surface area contributed by atoms with Crippen LogP contribution < -0.4 is 0 Å². The number of nitrogens with zero attached hydrogens (tertiary/aromatic N) is 1. The van der Waals surface area contributed by atoms with Crippen molar-refractivity contribution in [2.45, 2.75) is 58.1 Å². The number of hydrogen-bond acceptors (Lipinski definition) is 3. The number of rotatable bonds is 3. The van der Waals surface area contributed by atoms with Crippen molar-refractivity contribution in [1.82, 2.24) is 4.90 Å². The summed E-state index contributed by atoms with van der Waals surface area (Å²) in [5.74, 6) is 0.0843. The van der Waals surface area contributed by atoms with E-state index in [0.717, 1.165) is 19.3 Å². The van der Waals surface area contributed by atoms with Crippen LogP contribution in [0.3, 0.4) is 0 Å². The predicted octanol–water partition coefficient (Wildman–Crippen LogP) is 4.05. The van der Waals surface area contributed by atoms with Crippen LogP contribution in [0.15, 0.2) is 30.3 Å². The molecule has 1 saturated heterocycles. The van der Waals surface area contributed by atoms with Gasteiger partial charge < -0.3 is 9.64 Å². The van der Waals surface area contributed by atoms with Gasteiger partial charge in [0, 0.05) is 24.6 Å². The fraction of sp³-hybridized carbons (Fsp3) is 0.556. The summed E-state index contributed by atoms with van der Waals surface area (Å²) in [7, 11) is 0. The van der Waals surface area contributed by atoms with Gasteiger partial charge in [-0.15, -0.1) is 0 Å². The average molecular weight is 303 g/mol. The van der Waals surface area contributed by atoms with E-state index in [1.165, 1.54) is 0 Å². The Kier molecular flexibility index (Phi) is 5.22. The average Bonchev–Trinajstić information content (AvgIpc) is 2.47. The van der Waals surface area contributed by atoms with Crippen LogP contribution >= 0.6 is 0 Å². The minimum absolute atomic E-state index is 0.0590. The van der Waals surface area contributed by atoms with E-state index in [1.807, 2.05) is 51.1 Å². The van der Waals surface area contributed by atoms with Crippen LogP contribution in [-0.4, -0.2) is 35.0 Å². The molecule has 0 aliphatic carbocycles. The number of piperidine rings is 1. The van der Waals surface area contributed by atoms with Crippen LogP contribution in [-0.2, 0) is 4.74 Å². The summed E-state index contributed by atoms with van der Waals surface area (Å²) in [4.78, 5) is 26.5. The lowest BCUT2D eigenvalue weighted by Crippen LogP contribution is -2.46. The third kappa shape index (κ3) is 4.58. The summed E-state index contributed by atoms with van der Waals surface area (Å²) < 4.78 is 5.47. The number of carbonyl (C=O) groups is 2. The maximum atomic E-state index is 12.4. The first kappa shape index (κ1) is 16.5. The predicted molar refractivity (Wildman–Crippen MR) is 86.0 cm³/mol. The molecular weight excluding hydrogens is 278 g/mol. The van der Waals surface area contributed by atoms with Crippen LogP contribution in [0.1, 0.15) is 56.8 Å². The van der Waals surface area contributed by atoms with Crippen LogP contribution in [0.4, 0.5) is 4.79 Å². The van der Waals surface area contributed by atoms with Crippen LogP contribution in [0.2, 0.25) is 0 Å². The van der Waals surface area contributed by atoms with Crippen molar-refractivity contribution in [1.29, 1.82) is 0 Å². The number of ketones is 1. The van der Waals surface area contributed by atoms with E-state index in [0.29, 0.717) is 18.5 Å². The molecule has 0 radical (unpaired) electrons. The Hall–Kier alpha value is -1.84. The molecule has 1 unspecified atom stereocenters. The molecule has 1 aromatic rings. The van der Waals surface area contributed by atoms with Crippen molar-refractivity contribution in [3.8, 4) is 0 Å². The first-order chi connectivity index (χ1) is 10.4. The van der Waals surface area contributed by atoms with E-state index in [-0.39, 0.29) is 17.9 Å². The van der Waals surface area contributed by atoms with Gasteiger partial charge in [-0.1, -0.05) is 30.3 Å². The Morgan fingerprint density at radius 3 is 2.50 bits per heavy atom. The number of likely N-dealkylation sites (tertiary alicyclic amines) is 1. The standard InChI is InChI=1S/C18H25NO3/c1-18(2,3)22-17(21)19-12-8-7-11-15(19)13-16(20)14-9-5-4-6-10-14/h4-6,9-10,15H,7-8,11-13H2,1-3H3. The first-order valence-electron chi connectivity index (χ1n) is 7.95. The molecule has 1 heterocycles. The molecule has 0 N–H and O–H groups in total. The van der Waals surface area contributed by atoms with Gasteiger partial charge >= 0.3 is 6.09 Å². The number of ether oxygens (including phenoxy) is 1. The summed E-state index contributed by atoms with van der Waals surface area (Å²) in [5.41, 5.74) is 0.194. The minimum Gasteiger partial charge on any atom is -0.444 e. The molecule has 0 aromatic heterocycles. The number of hydrogen-bond donors (Lipinski definition) is 0. The van der Waals surface area contributed by atoms with Gasteiger partial charge in [-0.05, 0) is 40.0 Å². The fourth-order valence-corrected chi connectivity index (χ4v) is 2.73.